The summed E-state index contributed by atoms with van der Waals surface area (Å²) in [5.74, 6) is 0. The van der Waals surface area contributed by atoms with E-state index in [-0.39, 0.29) is 0 Å². The zero-order chi connectivity index (χ0) is 9.30. The molecule has 0 aromatic rings. The van der Waals surface area contributed by atoms with Crippen molar-refractivity contribution in [2.24, 2.45) is 0 Å². The average Bonchev–Trinajstić information content (AvgIpc) is 2.08. The Morgan fingerprint density at radius 1 is 1.08 bits per heavy atom. The van der Waals surface area contributed by atoms with Crippen molar-refractivity contribution in [3.63, 3.8) is 0 Å². The first kappa shape index (κ1) is 9.82. The lowest BCUT2D eigenvalue weighted by molar-refractivity contribution is -0.262. The lowest BCUT2D eigenvalue weighted by atomic mass is 10.00. The third-order valence-corrected chi connectivity index (χ3v) is 1.83. The van der Waals surface area contributed by atoms with E-state index < -0.39 is 37.4 Å². The van der Waals surface area contributed by atoms with Gasteiger partial charge in [-0.3, -0.25) is 0 Å². The van der Waals surface area contributed by atoms with E-state index in [0.29, 0.717) is 0 Å². The Hall–Kier alpha value is -0.270. The number of aliphatic hydroxyl groups is 4. The van der Waals surface area contributed by atoms with Gasteiger partial charge in [0.05, 0.1) is 6.61 Å². The number of halogens is 1. The van der Waals surface area contributed by atoms with Crippen molar-refractivity contribution in [3.8, 4) is 0 Å². The first-order valence-corrected chi connectivity index (χ1v) is 3.52. The van der Waals surface area contributed by atoms with Crippen LogP contribution in [0, 0.1) is 0 Å². The largest absolute Gasteiger partial charge is 0.394 e. The first-order chi connectivity index (χ1) is 5.57. The molecule has 12 heavy (non-hydrogen) atoms. The second-order valence-corrected chi connectivity index (χ2v) is 2.68. The highest BCUT2D eigenvalue weighted by Crippen LogP contribution is 2.21. The molecular formula is C6H11FO5. The number of ether oxygens (including phenoxy) is 1. The summed E-state index contributed by atoms with van der Waals surface area (Å²) in [6.45, 7) is -0.606. The summed E-state index contributed by atoms with van der Waals surface area (Å²) in [4.78, 5) is 0. The predicted molar refractivity (Wildman–Crippen MR) is 34.9 cm³/mol. The summed E-state index contributed by atoms with van der Waals surface area (Å²) >= 11 is 0. The molecule has 72 valence electrons. The molecule has 0 aliphatic carbocycles. The van der Waals surface area contributed by atoms with E-state index in [1.165, 1.54) is 0 Å². The van der Waals surface area contributed by atoms with Crippen LogP contribution < -0.4 is 0 Å². The van der Waals surface area contributed by atoms with E-state index >= 15 is 0 Å². The van der Waals surface area contributed by atoms with Crippen molar-refractivity contribution in [1.29, 1.82) is 0 Å². The summed E-state index contributed by atoms with van der Waals surface area (Å²) in [5, 5.41) is 35.4. The molecule has 0 bridgehead atoms. The maximum absolute atomic E-state index is 12.6. The van der Waals surface area contributed by atoms with Crippen LogP contribution >= 0.6 is 0 Å². The molecule has 1 aliphatic heterocycles. The molecule has 1 saturated heterocycles. The normalized spacial score (nSPS) is 49.2. The maximum atomic E-state index is 12.6. The quantitative estimate of drug-likeness (QED) is 0.368. The van der Waals surface area contributed by atoms with Crippen molar-refractivity contribution in [2.45, 2.75) is 30.8 Å². The van der Waals surface area contributed by atoms with Gasteiger partial charge in [0, 0.05) is 0 Å². The zero-order valence-corrected chi connectivity index (χ0v) is 6.17. The molecule has 4 N–H and O–H groups in total. The summed E-state index contributed by atoms with van der Waals surface area (Å²) in [6, 6.07) is 0. The third-order valence-electron chi connectivity index (χ3n) is 1.83. The Morgan fingerprint density at radius 3 is 2.17 bits per heavy atom. The van der Waals surface area contributed by atoms with Crippen LogP contribution in [-0.4, -0.2) is 57.8 Å². The van der Waals surface area contributed by atoms with E-state index in [0.717, 1.165) is 0 Å². The summed E-state index contributed by atoms with van der Waals surface area (Å²) in [5.41, 5.74) is 0. The highest BCUT2D eigenvalue weighted by molar-refractivity contribution is 4.88. The van der Waals surface area contributed by atoms with Gasteiger partial charge in [-0.2, -0.15) is 0 Å². The van der Waals surface area contributed by atoms with Crippen LogP contribution in [0.2, 0.25) is 0 Å². The first-order valence-electron chi connectivity index (χ1n) is 3.52. The summed E-state index contributed by atoms with van der Waals surface area (Å²) in [7, 11) is 0. The number of aliphatic hydroxyl groups excluding tert-OH is 4. The van der Waals surface area contributed by atoms with Crippen LogP contribution in [0.25, 0.3) is 0 Å². The molecule has 1 fully saturated rings. The summed E-state index contributed by atoms with van der Waals surface area (Å²) in [6.07, 6.45) is -8.09. The van der Waals surface area contributed by atoms with Crippen molar-refractivity contribution < 1.29 is 29.6 Å². The minimum Gasteiger partial charge on any atom is -0.394 e. The van der Waals surface area contributed by atoms with E-state index in [4.69, 9.17) is 20.4 Å². The fourth-order valence-electron chi connectivity index (χ4n) is 1.06. The number of rotatable bonds is 1. The SMILES string of the molecule is OC[C@H]1O[C@@H](F)[C@H](O)[C@@H](O)[C@@H]1O. The molecule has 1 rings (SSSR count). The fraction of sp³-hybridized carbons (Fsp3) is 1.00. The van der Waals surface area contributed by atoms with Crippen molar-refractivity contribution >= 4 is 0 Å². The average molecular weight is 182 g/mol. The molecule has 0 saturated carbocycles. The predicted octanol–water partition coefficient (Wildman–Crippen LogP) is -2.24. The number of hydrogen-bond acceptors (Lipinski definition) is 5. The topological polar surface area (TPSA) is 90.2 Å². The van der Waals surface area contributed by atoms with Gasteiger partial charge in [-0.15, -0.1) is 0 Å². The molecule has 5 atom stereocenters. The van der Waals surface area contributed by atoms with E-state index in [1.807, 2.05) is 0 Å². The Kier molecular flexibility index (Phi) is 2.97. The molecule has 0 spiro atoms. The smallest absolute Gasteiger partial charge is 0.228 e. The van der Waals surface area contributed by atoms with Crippen LogP contribution in [0.1, 0.15) is 0 Å². The second-order valence-electron chi connectivity index (χ2n) is 2.68. The van der Waals surface area contributed by atoms with Gasteiger partial charge < -0.3 is 25.2 Å². The van der Waals surface area contributed by atoms with E-state index in [9.17, 15) is 4.39 Å². The molecule has 0 radical (unpaired) electrons. The van der Waals surface area contributed by atoms with Gasteiger partial charge in [-0.25, -0.2) is 4.39 Å². The van der Waals surface area contributed by atoms with Crippen LogP contribution in [0.3, 0.4) is 0 Å². The van der Waals surface area contributed by atoms with Gasteiger partial charge in [-0.05, 0) is 0 Å². The minimum absolute atomic E-state index is 0.606. The van der Waals surface area contributed by atoms with Gasteiger partial charge >= 0.3 is 0 Å². The Morgan fingerprint density at radius 2 is 1.67 bits per heavy atom. The minimum atomic E-state index is -2.07. The van der Waals surface area contributed by atoms with E-state index in [1.54, 1.807) is 0 Å². The lowest BCUT2D eigenvalue weighted by Gasteiger charge is -2.36. The van der Waals surface area contributed by atoms with Crippen LogP contribution in [0.5, 0.6) is 0 Å². The van der Waals surface area contributed by atoms with Gasteiger partial charge in [0.2, 0.25) is 6.36 Å². The Labute approximate surface area is 68.0 Å². The monoisotopic (exact) mass is 182 g/mol. The molecule has 0 amide bonds. The zero-order valence-electron chi connectivity index (χ0n) is 6.17. The Balaban J connectivity index is 2.63. The lowest BCUT2D eigenvalue weighted by Crippen LogP contribution is -2.57. The van der Waals surface area contributed by atoms with E-state index in [2.05, 4.69) is 4.74 Å². The summed E-state index contributed by atoms with van der Waals surface area (Å²) < 4.78 is 16.9. The highest BCUT2D eigenvalue weighted by atomic mass is 19.1. The van der Waals surface area contributed by atoms with Crippen molar-refractivity contribution in [1.82, 2.24) is 0 Å². The van der Waals surface area contributed by atoms with Crippen LogP contribution in [0.4, 0.5) is 4.39 Å². The molecule has 0 aromatic heterocycles. The molecule has 1 aliphatic rings. The number of hydrogen-bond donors (Lipinski definition) is 4. The van der Waals surface area contributed by atoms with Crippen LogP contribution in [-0.2, 0) is 4.74 Å². The molecule has 1 heterocycles. The molecule has 6 heteroatoms. The van der Waals surface area contributed by atoms with Crippen molar-refractivity contribution in [2.75, 3.05) is 6.61 Å². The van der Waals surface area contributed by atoms with Gasteiger partial charge in [0.15, 0.2) is 0 Å². The van der Waals surface area contributed by atoms with Crippen molar-refractivity contribution in [3.05, 3.63) is 0 Å². The second kappa shape index (κ2) is 3.63. The molecule has 0 aromatic carbocycles. The van der Waals surface area contributed by atoms with Gasteiger partial charge in [-0.1, -0.05) is 0 Å². The molecule has 5 nitrogen and oxygen atoms in total. The molecule has 0 unspecified atom stereocenters. The maximum Gasteiger partial charge on any atom is 0.228 e. The standard InChI is InChI=1S/C6H11FO5/c7-6-5(11)4(10)3(9)2(1-8)12-6/h2-6,8-11H,1H2/t2-,3-,4+,5-,6-/m1/s1. The highest BCUT2D eigenvalue weighted by Gasteiger charge is 2.43. The molecular weight excluding hydrogens is 171 g/mol. The fourth-order valence-corrected chi connectivity index (χ4v) is 1.06. The van der Waals surface area contributed by atoms with Gasteiger partial charge in [0.1, 0.15) is 24.4 Å². The third kappa shape index (κ3) is 1.57. The Bertz CT molecular complexity index is 150. The number of alkyl halides is 1. The van der Waals surface area contributed by atoms with Gasteiger partial charge in [0.25, 0.3) is 0 Å². The van der Waals surface area contributed by atoms with Crippen LogP contribution in [0.15, 0.2) is 0 Å².